The third kappa shape index (κ3) is 4.46. The lowest BCUT2D eigenvalue weighted by Crippen LogP contribution is -2.21. The summed E-state index contributed by atoms with van der Waals surface area (Å²) in [5, 5.41) is 13.9. The highest BCUT2D eigenvalue weighted by Crippen LogP contribution is 2.27. The third-order valence-electron chi connectivity index (χ3n) is 4.88. The highest BCUT2D eigenvalue weighted by Gasteiger charge is 2.28. The average molecular weight is 447 g/mol. The summed E-state index contributed by atoms with van der Waals surface area (Å²) in [5.41, 5.74) is 2.99. The smallest absolute Gasteiger partial charge is 0.280 e. The molecule has 2 amide bonds. The summed E-state index contributed by atoms with van der Waals surface area (Å²) in [6, 6.07) is 19.9. The van der Waals surface area contributed by atoms with E-state index in [1.54, 1.807) is 55.5 Å². The summed E-state index contributed by atoms with van der Waals surface area (Å²) < 4.78 is 13.8. The Balaban J connectivity index is 1.49. The van der Waals surface area contributed by atoms with Gasteiger partial charge in [0.1, 0.15) is 5.82 Å². The standard InChI is InChI=1S/C24H19FN4O2S/c1-15-21(24(31)29(28-15)18-10-12-19(32-26)13-11-18)14-16-6-8-17(9-7-16)27-23(30)20-4-2-3-5-22(20)25/h2-14H,26H2,1H3,(H,27,30)/b21-14-. The fourth-order valence-corrected chi connectivity index (χ4v) is 3.49. The fraction of sp³-hybridized carbons (Fsp3) is 0.0417. The van der Waals surface area contributed by atoms with E-state index in [1.807, 2.05) is 12.1 Å². The summed E-state index contributed by atoms with van der Waals surface area (Å²) >= 11 is 1.13. The van der Waals surface area contributed by atoms with Crippen LogP contribution in [0, 0.1) is 5.82 Å². The lowest BCUT2D eigenvalue weighted by molar-refractivity contribution is -0.114. The zero-order valence-electron chi connectivity index (χ0n) is 17.1. The molecule has 3 aromatic carbocycles. The van der Waals surface area contributed by atoms with E-state index < -0.39 is 11.7 Å². The van der Waals surface area contributed by atoms with Gasteiger partial charge in [0.25, 0.3) is 11.8 Å². The number of halogens is 1. The first-order chi connectivity index (χ1) is 15.5. The van der Waals surface area contributed by atoms with Gasteiger partial charge in [0.15, 0.2) is 0 Å². The number of nitrogens with two attached hydrogens (primary N) is 1. The van der Waals surface area contributed by atoms with E-state index in [9.17, 15) is 14.0 Å². The molecule has 1 aliphatic rings. The number of nitrogens with zero attached hydrogens (tertiary/aromatic N) is 2. The molecule has 1 heterocycles. The highest BCUT2D eigenvalue weighted by molar-refractivity contribution is 7.97. The molecule has 32 heavy (non-hydrogen) atoms. The van der Waals surface area contributed by atoms with Gasteiger partial charge in [-0.2, -0.15) is 10.1 Å². The van der Waals surface area contributed by atoms with Crippen LogP contribution in [-0.4, -0.2) is 17.5 Å². The molecule has 0 aliphatic carbocycles. The third-order valence-corrected chi connectivity index (χ3v) is 5.42. The molecule has 0 radical (unpaired) electrons. The van der Waals surface area contributed by atoms with Gasteiger partial charge in [-0.1, -0.05) is 24.3 Å². The molecule has 0 bridgehead atoms. The van der Waals surface area contributed by atoms with Crippen LogP contribution >= 0.6 is 11.9 Å². The largest absolute Gasteiger partial charge is 0.322 e. The van der Waals surface area contributed by atoms with Crippen molar-refractivity contribution in [3.63, 3.8) is 0 Å². The summed E-state index contributed by atoms with van der Waals surface area (Å²) in [6.07, 6.45) is 1.74. The molecule has 0 aromatic heterocycles. The number of benzene rings is 3. The van der Waals surface area contributed by atoms with Crippen molar-refractivity contribution in [2.24, 2.45) is 10.2 Å². The first-order valence-electron chi connectivity index (χ1n) is 9.71. The summed E-state index contributed by atoms with van der Waals surface area (Å²) in [4.78, 5) is 26.0. The number of hydrazone groups is 1. The molecule has 4 rings (SSSR count). The van der Waals surface area contributed by atoms with Crippen LogP contribution in [0.4, 0.5) is 15.8 Å². The SMILES string of the molecule is CC1=NN(c2ccc(SN)cc2)C(=O)/C1=C\c1ccc(NC(=O)c2ccccc2F)cc1. The monoisotopic (exact) mass is 446 g/mol. The van der Waals surface area contributed by atoms with Gasteiger partial charge in [0.05, 0.1) is 22.5 Å². The maximum absolute atomic E-state index is 13.8. The highest BCUT2D eigenvalue weighted by atomic mass is 32.2. The van der Waals surface area contributed by atoms with Gasteiger partial charge in [-0.3, -0.25) is 14.7 Å². The van der Waals surface area contributed by atoms with Crippen molar-refractivity contribution < 1.29 is 14.0 Å². The lowest BCUT2D eigenvalue weighted by Gasteiger charge is -2.12. The Kier molecular flexibility index (Phi) is 6.16. The molecule has 0 unspecified atom stereocenters. The molecule has 0 atom stereocenters. The average Bonchev–Trinajstić information content (AvgIpc) is 3.09. The van der Waals surface area contributed by atoms with Gasteiger partial charge >= 0.3 is 0 Å². The van der Waals surface area contributed by atoms with Crippen LogP contribution < -0.4 is 15.5 Å². The van der Waals surface area contributed by atoms with Gasteiger partial charge in [-0.15, -0.1) is 0 Å². The van der Waals surface area contributed by atoms with Crippen molar-refractivity contribution in [2.45, 2.75) is 11.8 Å². The van der Waals surface area contributed by atoms with Crippen molar-refractivity contribution in [1.82, 2.24) is 0 Å². The van der Waals surface area contributed by atoms with Crippen molar-refractivity contribution in [1.29, 1.82) is 0 Å². The van der Waals surface area contributed by atoms with Gasteiger partial charge in [-0.05, 0) is 79.0 Å². The van der Waals surface area contributed by atoms with Crippen molar-refractivity contribution in [2.75, 3.05) is 10.3 Å². The van der Waals surface area contributed by atoms with E-state index in [0.717, 1.165) is 22.4 Å². The predicted molar refractivity (Wildman–Crippen MR) is 126 cm³/mol. The van der Waals surface area contributed by atoms with Crippen molar-refractivity contribution in [3.8, 4) is 0 Å². The molecule has 0 saturated heterocycles. The maximum atomic E-state index is 13.8. The topological polar surface area (TPSA) is 87.8 Å². The van der Waals surface area contributed by atoms with Gasteiger partial charge in [-0.25, -0.2) is 4.39 Å². The molecule has 3 aromatic rings. The molecule has 3 N–H and O–H groups in total. The number of hydrogen-bond acceptors (Lipinski definition) is 5. The Morgan fingerprint density at radius 1 is 1.06 bits per heavy atom. The summed E-state index contributed by atoms with van der Waals surface area (Å²) in [6.45, 7) is 1.77. The Bertz CT molecular complexity index is 1240. The second-order valence-corrected chi connectivity index (χ2v) is 7.74. The number of anilines is 2. The number of nitrogens with one attached hydrogen (secondary N) is 1. The molecular formula is C24H19FN4O2S. The van der Waals surface area contributed by atoms with Gasteiger partial charge in [0.2, 0.25) is 0 Å². The van der Waals surface area contributed by atoms with Gasteiger partial charge < -0.3 is 5.32 Å². The minimum atomic E-state index is -0.582. The number of rotatable bonds is 5. The van der Waals surface area contributed by atoms with Crippen LogP contribution in [0.1, 0.15) is 22.8 Å². The first kappa shape index (κ1) is 21.5. The lowest BCUT2D eigenvalue weighted by atomic mass is 10.1. The molecule has 6 nitrogen and oxygen atoms in total. The second-order valence-electron chi connectivity index (χ2n) is 7.03. The minimum absolute atomic E-state index is 0.0275. The Morgan fingerprint density at radius 3 is 2.41 bits per heavy atom. The van der Waals surface area contributed by atoms with Crippen LogP contribution in [0.3, 0.4) is 0 Å². The number of hydrogen-bond donors (Lipinski definition) is 2. The molecule has 0 saturated carbocycles. The van der Waals surface area contributed by atoms with Crippen LogP contribution in [-0.2, 0) is 4.79 Å². The maximum Gasteiger partial charge on any atom is 0.280 e. The zero-order valence-corrected chi connectivity index (χ0v) is 17.9. The molecular weight excluding hydrogens is 427 g/mol. The van der Waals surface area contributed by atoms with Crippen molar-refractivity contribution in [3.05, 3.63) is 95.3 Å². The quantitative estimate of drug-likeness (QED) is 0.433. The van der Waals surface area contributed by atoms with Crippen LogP contribution in [0.15, 0.2) is 88.4 Å². The molecule has 1 aliphatic heterocycles. The number of carbonyl (C=O) groups is 2. The molecule has 8 heteroatoms. The molecule has 0 spiro atoms. The van der Waals surface area contributed by atoms with E-state index in [2.05, 4.69) is 10.4 Å². The summed E-state index contributed by atoms with van der Waals surface area (Å²) in [7, 11) is 0. The van der Waals surface area contributed by atoms with E-state index in [-0.39, 0.29) is 11.5 Å². The first-order valence-corrected chi connectivity index (χ1v) is 10.6. The Morgan fingerprint density at radius 2 is 1.75 bits per heavy atom. The van der Waals surface area contributed by atoms with Crippen LogP contribution in [0.5, 0.6) is 0 Å². The van der Waals surface area contributed by atoms with Crippen LogP contribution in [0.2, 0.25) is 0 Å². The molecule has 0 fully saturated rings. The van der Waals surface area contributed by atoms with E-state index in [4.69, 9.17) is 5.14 Å². The zero-order chi connectivity index (χ0) is 22.7. The fourth-order valence-electron chi connectivity index (χ4n) is 3.20. The predicted octanol–water partition coefficient (Wildman–Crippen LogP) is 4.85. The normalized spacial score (nSPS) is 14.6. The number of carbonyl (C=O) groups excluding carboxylic acids is 2. The van der Waals surface area contributed by atoms with Crippen LogP contribution in [0.25, 0.3) is 6.08 Å². The summed E-state index contributed by atoms with van der Waals surface area (Å²) in [5.74, 6) is -1.34. The Labute approximate surface area is 188 Å². The van der Waals surface area contributed by atoms with Gasteiger partial charge in [0, 0.05) is 10.6 Å². The Hall–Kier alpha value is -3.75. The van der Waals surface area contributed by atoms with Crippen molar-refractivity contribution >= 4 is 46.9 Å². The van der Waals surface area contributed by atoms with E-state index >= 15 is 0 Å². The minimum Gasteiger partial charge on any atom is -0.322 e. The van der Waals surface area contributed by atoms with E-state index in [0.29, 0.717) is 22.7 Å². The molecule has 160 valence electrons. The van der Waals surface area contributed by atoms with E-state index in [1.165, 1.54) is 23.2 Å². The number of amides is 2. The second kappa shape index (κ2) is 9.17.